The second-order valence-corrected chi connectivity index (χ2v) is 8.01. The van der Waals surface area contributed by atoms with Crippen LogP contribution in [0, 0.1) is 6.92 Å². The topological polar surface area (TPSA) is 122 Å². The van der Waals surface area contributed by atoms with E-state index in [-0.39, 0.29) is 11.9 Å². The third-order valence-corrected chi connectivity index (χ3v) is 5.83. The molecule has 0 spiro atoms. The van der Waals surface area contributed by atoms with Crippen molar-refractivity contribution in [2.75, 3.05) is 18.4 Å². The Morgan fingerprint density at radius 2 is 2.03 bits per heavy atom. The van der Waals surface area contributed by atoms with Crippen molar-refractivity contribution in [1.82, 2.24) is 34.4 Å². The lowest BCUT2D eigenvalue weighted by molar-refractivity contribution is -0.141. The number of nitrogens with zero attached hydrogens (tertiary/aromatic N) is 7. The van der Waals surface area contributed by atoms with Gasteiger partial charge in [0.2, 0.25) is 0 Å². The highest BCUT2D eigenvalue weighted by Gasteiger charge is 2.51. The van der Waals surface area contributed by atoms with Crippen LogP contribution < -0.4 is 5.32 Å². The molecule has 1 saturated carbocycles. The number of aryl methyl sites for hydroxylation is 2. The number of likely N-dealkylation sites (tertiary alicyclic amines) is 1. The van der Waals surface area contributed by atoms with Gasteiger partial charge in [-0.15, -0.1) is 0 Å². The molecule has 0 radical (unpaired) electrons. The number of nitrogens with one attached hydrogen (secondary N) is 1. The fraction of sp³-hybridized carbons (Fsp3) is 0.500. The molecule has 1 aliphatic heterocycles. The van der Waals surface area contributed by atoms with Crippen LogP contribution in [0.2, 0.25) is 0 Å². The minimum Gasteiger partial charge on any atom is -0.380 e. The maximum absolute atomic E-state index is 12.4. The summed E-state index contributed by atoms with van der Waals surface area (Å²) in [6.07, 6.45) is 6.97. The van der Waals surface area contributed by atoms with Gasteiger partial charge < -0.3 is 19.9 Å². The molecule has 156 valence electrons. The van der Waals surface area contributed by atoms with E-state index in [1.165, 1.54) is 6.33 Å². The summed E-state index contributed by atoms with van der Waals surface area (Å²) in [6.45, 7) is 5.75. The van der Waals surface area contributed by atoms with Crippen molar-refractivity contribution in [2.24, 2.45) is 0 Å². The van der Waals surface area contributed by atoms with Crippen LogP contribution in [0.4, 0.5) is 5.82 Å². The maximum Gasteiger partial charge on any atom is 0.254 e. The highest BCUT2D eigenvalue weighted by molar-refractivity contribution is 5.88. The van der Waals surface area contributed by atoms with Gasteiger partial charge in [0.15, 0.2) is 17.0 Å². The molecule has 4 heterocycles. The molecule has 1 unspecified atom stereocenters. The fourth-order valence-electron chi connectivity index (χ4n) is 3.95. The normalized spacial score (nSPS) is 20.0. The Bertz CT molecular complexity index is 1110. The minimum absolute atomic E-state index is 0.0485. The average Bonchev–Trinajstić information content (AvgIpc) is 3.17. The van der Waals surface area contributed by atoms with Gasteiger partial charge in [-0.05, 0) is 33.1 Å². The molecule has 3 aromatic heterocycles. The highest BCUT2D eigenvalue weighted by atomic mass is 16.3. The number of imidazole rings is 1. The molecule has 1 amide bonds. The average molecular weight is 408 g/mol. The quantitative estimate of drug-likeness (QED) is 0.645. The molecular weight excluding hydrogens is 384 g/mol. The van der Waals surface area contributed by atoms with Crippen LogP contribution in [0.25, 0.3) is 22.6 Å². The lowest BCUT2D eigenvalue weighted by Crippen LogP contribution is -2.40. The lowest BCUT2D eigenvalue weighted by Gasteiger charge is -2.20. The van der Waals surface area contributed by atoms with Gasteiger partial charge in [0.25, 0.3) is 5.91 Å². The van der Waals surface area contributed by atoms with E-state index in [1.54, 1.807) is 17.3 Å². The number of carbonyl (C=O) groups is 1. The molecule has 3 aromatic rings. The fourth-order valence-corrected chi connectivity index (χ4v) is 3.95. The molecule has 2 aliphatic rings. The summed E-state index contributed by atoms with van der Waals surface area (Å²) in [5.74, 6) is 1.94. The molecule has 30 heavy (non-hydrogen) atoms. The van der Waals surface area contributed by atoms with Gasteiger partial charge in [-0.25, -0.2) is 24.9 Å². The first kappa shape index (κ1) is 18.9. The van der Waals surface area contributed by atoms with E-state index in [0.29, 0.717) is 49.6 Å². The summed E-state index contributed by atoms with van der Waals surface area (Å²) in [7, 11) is 0. The first-order chi connectivity index (χ1) is 14.5. The molecule has 2 fully saturated rings. The number of hydrogen-bond donors (Lipinski definition) is 2. The molecule has 0 bridgehead atoms. The lowest BCUT2D eigenvalue weighted by atomic mass is 10.2. The smallest absolute Gasteiger partial charge is 0.254 e. The molecule has 0 aromatic carbocycles. The third-order valence-electron chi connectivity index (χ3n) is 5.83. The van der Waals surface area contributed by atoms with Gasteiger partial charge in [-0.1, -0.05) is 0 Å². The molecule has 5 rings (SSSR count). The second-order valence-electron chi connectivity index (χ2n) is 8.01. The van der Waals surface area contributed by atoms with Crippen molar-refractivity contribution in [3.05, 3.63) is 24.5 Å². The second kappa shape index (κ2) is 6.98. The zero-order valence-corrected chi connectivity index (χ0v) is 17.0. The van der Waals surface area contributed by atoms with Crippen LogP contribution in [0.3, 0.4) is 0 Å². The van der Waals surface area contributed by atoms with E-state index in [9.17, 15) is 9.90 Å². The summed E-state index contributed by atoms with van der Waals surface area (Å²) in [4.78, 5) is 36.4. The standard InChI is InChI=1S/C20H24N8O2/c1-3-28-17(13-8-21-12(2)22-9-13)26-15-16(23-11-24-18(15)28)25-14-4-7-27(10-14)19(29)20(30)5-6-20/h8-9,11,14,30H,3-7,10H2,1-2H3,(H,23,24,25). The predicted octanol–water partition coefficient (Wildman–Crippen LogP) is 1.15. The Labute approximate surface area is 173 Å². The van der Waals surface area contributed by atoms with Crippen LogP contribution in [-0.2, 0) is 11.3 Å². The number of aliphatic hydroxyl groups is 1. The van der Waals surface area contributed by atoms with Crippen molar-refractivity contribution >= 4 is 22.9 Å². The van der Waals surface area contributed by atoms with Crippen molar-refractivity contribution in [1.29, 1.82) is 0 Å². The minimum atomic E-state index is -1.12. The zero-order chi connectivity index (χ0) is 20.9. The Kier molecular flexibility index (Phi) is 4.39. The van der Waals surface area contributed by atoms with Gasteiger partial charge in [0.1, 0.15) is 23.6 Å². The molecule has 1 aliphatic carbocycles. The van der Waals surface area contributed by atoms with E-state index in [1.807, 2.05) is 18.4 Å². The van der Waals surface area contributed by atoms with Gasteiger partial charge in [0.05, 0.1) is 5.56 Å². The molecular formula is C20H24N8O2. The van der Waals surface area contributed by atoms with Crippen molar-refractivity contribution in [3.8, 4) is 11.4 Å². The number of aromatic nitrogens is 6. The highest BCUT2D eigenvalue weighted by Crippen LogP contribution is 2.38. The van der Waals surface area contributed by atoms with E-state index in [4.69, 9.17) is 4.98 Å². The van der Waals surface area contributed by atoms with Crippen LogP contribution in [0.5, 0.6) is 0 Å². The third kappa shape index (κ3) is 3.17. The summed E-state index contributed by atoms with van der Waals surface area (Å²) >= 11 is 0. The molecule has 2 N–H and O–H groups in total. The Morgan fingerprint density at radius 1 is 1.27 bits per heavy atom. The van der Waals surface area contributed by atoms with Gasteiger partial charge in [-0.3, -0.25) is 4.79 Å². The van der Waals surface area contributed by atoms with E-state index in [2.05, 4.69) is 25.3 Å². The monoisotopic (exact) mass is 408 g/mol. The molecule has 10 heteroatoms. The van der Waals surface area contributed by atoms with Crippen molar-refractivity contribution in [2.45, 2.75) is 51.3 Å². The molecule has 10 nitrogen and oxygen atoms in total. The van der Waals surface area contributed by atoms with Crippen LogP contribution in [-0.4, -0.2) is 70.1 Å². The number of rotatable bonds is 5. The summed E-state index contributed by atoms with van der Waals surface area (Å²) in [5.41, 5.74) is 1.12. The Balaban J connectivity index is 1.43. The van der Waals surface area contributed by atoms with Crippen LogP contribution >= 0.6 is 0 Å². The largest absolute Gasteiger partial charge is 0.380 e. The first-order valence-electron chi connectivity index (χ1n) is 10.3. The van der Waals surface area contributed by atoms with E-state index < -0.39 is 5.60 Å². The summed E-state index contributed by atoms with van der Waals surface area (Å²) < 4.78 is 2.02. The van der Waals surface area contributed by atoms with Crippen LogP contribution in [0.15, 0.2) is 18.7 Å². The number of hydrogen-bond acceptors (Lipinski definition) is 8. The SMILES string of the molecule is CCn1c(-c2cnc(C)nc2)nc2c(NC3CCN(C(=O)C4(O)CC4)C3)ncnc21. The number of fused-ring (bicyclic) bond motifs is 1. The molecule has 1 saturated heterocycles. The number of amides is 1. The number of carbonyl (C=O) groups excluding carboxylic acids is 1. The van der Waals surface area contributed by atoms with Gasteiger partial charge in [-0.2, -0.15) is 0 Å². The number of anilines is 1. The first-order valence-corrected chi connectivity index (χ1v) is 10.3. The van der Waals surface area contributed by atoms with E-state index in [0.717, 1.165) is 23.5 Å². The van der Waals surface area contributed by atoms with E-state index >= 15 is 0 Å². The molecule has 1 atom stereocenters. The Morgan fingerprint density at radius 3 is 2.73 bits per heavy atom. The van der Waals surface area contributed by atoms with Crippen molar-refractivity contribution < 1.29 is 9.90 Å². The summed E-state index contributed by atoms with van der Waals surface area (Å²) in [6, 6.07) is 0.0485. The summed E-state index contributed by atoms with van der Waals surface area (Å²) in [5, 5.41) is 13.5. The predicted molar refractivity (Wildman–Crippen MR) is 110 cm³/mol. The van der Waals surface area contributed by atoms with Crippen LogP contribution in [0.1, 0.15) is 32.0 Å². The van der Waals surface area contributed by atoms with Crippen molar-refractivity contribution in [3.63, 3.8) is 0 Å². The maximum atomic E-state index is 12.4. The Hall–Kier alpha value is -3.14. The zero-order valence-electron chi connectivity index (χ0n) is 17.0. The van der Waals surface area contributed by atoms with Gasteiger partial charge >= 0.3 is 0 Å². The van der Waals surface area contributed by atoms with Gasteiger partial charge in [0, 0.05) is 38.1 Å².